The Labute approximate surface area is 125 Å². The van der Waals surface area contributed by atoms with Crippen molar-refractivity contribution in [3.63, 3.8) is 0 Å². The number of hydrogen-bond acceptors (Lipinski definition) is 2. The van der Waals surface area contributed by atoms with Crippen LogP contribution in [-0.4, -0.2) is 5.91 Å². The lowest BCUT2D eigenvalue weighted by atomic mass is 10.0. The molecular formula is C16H19ClN2O. The summed E-state index contributed by atoms with van der Waals surface area (Å²) in [6.45, 7) is 4.27. The van der Waals surface area contributed by atoms with Gasteiger partial charge in [0.2, 0.25) is 0 Å². The van der Waals surface area contributed by atoms with Gasteiger partial charge in [0.1, 0.15) is 0 Å². The molecule has 0 aromatic heterocycles. The number of hydrogen-bond donors (Lipinski definition) is 2. The SMILES string of the molecule is CC(C)c1ccc(NC(=O)c2ccccc2N)cc1.Cl. The molecule has 0 heterocycles. The minimum absolute atomic E-state index is 0. The predicted octanol–water partition coefficient (Wildman–Crippen LogP) is 4.07. The Morgan fingerprint density at radius 3 is 2.20 bits per heavy atom. The van der Waals surface area contributed by atoms with Crippen LogP contribution in [0.25, 0.3) is 0 Å². The third-order valence-corrected chi connectivity index (χ3v) is 3.04. The van der Waals surface area contributed by atoms with Crippen LogP contribution in [-0.2, 0) is 0 Å². The molecule has 0 radical (unpaired) electrons. The molecule has 0 saturated heterocycles. The van der Waals surface area contributed by atoms with Crippen molar-refractivity contribution < 1.29 is 4.79 Å². The first kappa shape index (κ1) is 16.1. The van der Waals surface area contributed by atoms with Crippen LogP contribution < -0.4 is 11.1 Å². The van der Waals surface area contributed by atoms with E-state index >= 15 is 0 Å². The van der Waals surface area contributed by atoms with Gasteiger partial charge in [-0.15, -0.1) is 12.4 Å². The monoisotopic (exact) mass is 290 g/mol. The topological polar surface area (TPSA) is 55.1 Å². The minimum atomic E-state index is -0.185. The maximum atomic E-state index is 12.1. The quantitative estimate of drug-likeness (QED) is 0.837. The van der Waals surface area contributed by atoms with Crippen molar-refractivity contribution in [2.24, 2.45) is 0 Å². The number of rotatable bonds is 3. The highest BCUT2D eigenvalue weighted by molar-refractivity contribution is 6.07. The van der Waals surface area contributed by atoms with E-state index in [-0.39, 0.29) is 18.3 Å². The normalized spacial score (nSPS) is 9.95. The van der Waals surface area contributed by atoms with Gasteiger partial charge in [-0.25, -0.2) is 0 Å². The van der Waals surface area contributed by atoms with E-state index in [0.29, 0.717) is 17.2 Å². The molecule has 0 fully saturated rings. The Balaban J connectivity index is 0.00000200. The Morgan fingerprint density at radius 1 is 1.05 bits per heavy atom. The fraction of sp³-hybridized carbons (Fsp3) is 0.188. The number of benzene rings is 2. The minimum Gasteiger partial charge on any atom is -0.398 e. The van der Waals surface area contributed by atoms with Gasteiger partial charge < -0.3 is 11.1 Å². The van der Waals surface area contributed by atoms with Gasteiger partial charge in [-0.1, -0.05) is 38.1 Å². The van der Waals surface area contributed by atoms with Crippen molar-refractivity contribution >= 4 is 29.7 Å². The molecule has 0 bridgehead atoms. The molecule has 0 aliphatic rings. The van der Waals surface area contributed by atoms with Crippen molar-refractivity contribution in [2.75, 3.05) is 11.1 Å². The van der Waals surface area contributed by atoms with Gasteiger partial charge in [0, 0.05) is 11.4 Å². The zero-order valence-electron chi connectivity index (χ0n) is 11.6. The van der Waals surface area contributed by atoms with Crippen molar-refractivity contribution in [1.29, 1.82) is 0 Å². The predicted molar refractivity (Wildman–Crippen MR) is 86.6 cm³/mol. The van der Waals surface area contributed by atoms with Gasteiger partial charge in [0.25, 0.3) is 5.91 Å². The molecule has 3 N–H and O–H groups in total. The number of carbonyl (C=O) groups excluding carboxylic acids is 1. The van der Waals surface area contributed by atoms with Crippen LogP contribution >= 0.6 is 12.4 Å². The maximum Gasteiger partial charge on any atom is 0.257 e. The van der Waals surface area contributed by atoms with E-state index in [1.54, 1.807) is 18.2 Å². The van der Waals surface area contributed by atoms with E-state index in [1.807, 2.05) is 30.3 Å². The molecule has 4 heteroatoms. The van der Waals surface area contributed by atoms with E-state index in [0.717, 1.165) is 5.69 Å². The lowest BCUT2D eigenvalue weighted by Gasteiger charge is -2.09. The number of para-hydroxylation sites is 1. The van der Waals surface area contributed by atoms with Gasteiger partial charge in [0.15, 0.2) is 0 Å². The summed E-state index contributed by atoms with van der Waals surface area (Å²) < 4.78 is 0. The summed E-state index contributed by atoms with van der Waals surface area (Å²) in [5.41, 5.74) is 8.78. The van der Waals surface area contributed by atoms with E-state index in [2.05, 4.69) is 19.2 Å². The zero-order valence-corrected chi connectivity index (χ0v) is 12.4. The molecule has 2 aromatic carbocycles. The Kier molecular flexibility index (Phi) is 5.59. The lowest BCUT2D eigenvalue weighted by Crippen LogP contribution is -2.13. The zero-order chi connectivity index (χ0) is 13.8. The molecule has 0 aliphatic carbocycles. The molecule has 20 heavy (non-hydrogen) atoms. The summed E-state index contributed by atoms with van der Waals surface area (Å²) in [5, 5.41) is 2.85. The number of amides is 1. The Bertz CT molecular complexity index is 579. The molecule has 2 aromatic rings. The third-order valence-electron chi connectivity index (χ3n) is 3.04. The summed E-state index contributed by atoms with van der Waals surface area (Å²) in [5.74, 6) is 0.296. The lowest BCUT2D eigenvalue weighted by molar-refractivity contribution is 0.102. The van der Waals surface area contributed by atoms with Gasteiger partial charge in [-0.3, -0.25) is 4.79 Å². The number of anilines is 2. The first-order valence-corrected chi connectivity index (χ1v) is 6.33. The number of nitrogen functional groups attached to an aromatic ring is 1. The maximum absolute atomic E-state index is 12.1. The molecule has 3 nitrogen and oxygen atoms in total. The first-order chi connectivity index (χ1) is 9.08. The van der Waals surface area contributed by atoms with Gasteiger partial charge >= 0.3 is 0 Å². The summed E-state index contributed by atoms with van der Waals surface area (Å²) in [6.07, 6.45) is 0. The van der Waals surface area contributed by atoms with Crippen LogP contribution in [0.15, 0.2) is 48.5 Å². The average molecular weight is 291 g/mol. The fourth-order valence-electron chi connectivity index (χ4n) is 1.85. The van der Waals surface area contributed by atoms with Crippen molar-refractivity contribution in [1.82, 2.24) is 0 Å². The number of halogens is 1. The van der Waals surface area contributed by atoms with Gasteiger partial charge in [0.05, 0.1) is 5.56 Å². The molecule has 1 amide bonds. The molecule has 2 rings (SSSR count). The highest BCUT2D eigenvalue weighted by atomic mass is 35.5. The van der Waals surface area contributed by atoms with Gasteiger partial charge in [-0.05, 0) is 35.7 Å². The molecule has 0 unspecified atom stereocenters. The second-order valence-electron chi connectivity index (χ2n) is 4.82. The van der Waals surface area contributed by atoms with Crippen LogP contribution in [0.3, 0.4) is 0 Å². The molecule has 0 aliphatic heterocycles. The second kappa shape index (κ2) is 6.96. The summed E-state index contributed by atoms with van der Waals surface area (Å²) in [6, 6.07) is 14.9. The van der Waals surface area contributed by atoms with Crippen molar-refractivity contribution in [3.8, 4) is 0 Å². The number of nitrogens with two attached hydrogens (primary N) is 1. The molecule has 106 valence electrons. The highest BCUT2D eigenvalue weighted by Crippen LogP contribution is 2.18. The third kappa shape index (κ3) is 3.75. The van der Waals surface area contributed by atoms with Crippen molar-refractivity contribution in [2.45, 2.75) is 19.8 Å². The summed E-state index contributed by atoms with van der Waals surface area (Å²) >= 11 is 0. The second-order valence-corrected chi connectivity index (χ2v) is 4.82. The Hall–Kier alpha value is -2.00. The Morgan fingerprint density at radius 2 is 1.65 bits per heavy atom. The first-order valence-electron chi connectivity index (χ1n) is 6.33. The smallest absolute Gasteiger partial charge is 0.257 e. The summed E-state index contributed by atoms with van der Waals surface area (Å²) in [4.78, 5) is 12.1. The van der Waals surface area contributed by atoms with Crippen molar-refractivity contribution in [3.05, 3.63) is 59.7 Å². The molecular weight excluding hydrogens is 272 g/mol. The average Bonchev–Trinajstić information content (AvgIpc) is 2.39. The van der Waals surface area contributed by atoms with E-state index < -0.39 is 0 Å². The van der Waals surface area contributed by atoms with E-state index in [4.69, 9.17) is 5.73 Å². The standard InChI is InChI=1S/C16H18N2O.ClH/c1-11(2)12-7-9-13(10-8-12)18-16(19)14-5-3-4-6-15(14)17;/h3-11H,17H2,1-2H3,(H,18,19);1H. The fourth-order valence-corrected chi connectivity index (χ4v) is 1.85. The highest BCUT2D eigenvalue weighted by Gasteiger charge is 2.09. The molecule has 0 saturated carbocycles. The van der Waals surface area contributed by atoms with Gasteiger partial charge in [-0.2, -0.15) is 0 Å². The van der Waals surface area contributed by atoms with Crippen LogP contribution in [0, 0.1) is 0 Å². The van der Waals surface area contributed by atoms with E-state index in [9.17, 15) is 4.79 Å². The molecule has 0 atom stereocenters. The van der Waals surface area contributed by atoms with Crippen LogP contribution in [0.4, 0.5) is 11.4 Å². The van der Waals surface area contributed by atoms with Crippen LogP contribution in [0.5, 0.6) is 0 Å². The van der Waals surface area contributed by atoms with E-state index in [1.165, 1.54) is 5.56 Å². The van der Waals surface area contributed by atoms with Crippen LogP contribution in [0.1, 0.15) is 35.7 Å². The van der Waals surface area contributed by atoms with Crippen LogP contribution in [0.2, 0.25) is 0 Å². The molecule has 0 spiro atoms. The number of carbonyl (C=O) groups is 1. The largest absolute Gasteiger partial charge is 0.398 e. The number of nitrogens with one attached hydrogen (secondary N) is 1. The summed E-state index contributed by atoms with van der Waals surface area (Å²) in [7, 11) is 0.